The van der Waals surface area contributed by atoms with Crippen molar-refractivity contribution in [2.75, 3.05) is 0 Å². The lowest BCUT2D eigenvalue weighted by Crippen LogP contribution is -2.24. The number of benzene rings is 2. The molecule has 1 heterocycles. The SMILES string of the molecule is C=C(C)Cc1cccc(CCn2c(-c3ccccc3O)nc(C)cc2=O)c1. The number of aromatic nitrogens is 2. The fraction of sp³-hybridized carbons (Fsp3) is 0.217. The molecule has 3 rings (SSSR count). The zero-order valence-corrected chi connectivity index (χ0v) is 15.8. The maximum absolute atomic E-state index is 12.6. The highest BCUT2D eigenvalue weighted by Crippen LogP contribution is 2.26. The summed E-state index contributed by atoms with van der Waals surface area (Å²) >= 11 is 0. The van der Waals surface area contributed by atoms with E-state index in [0.29, 0.717) is 30.0 Å². The standard InChI is InChI=1S/C23H24N2O2/c1-16(2)13-19-8-6-7-18(15-19)11-12-25-22(27)14-17(3)24-23(25)20-9-4-5-10-21(20)26/h4-10,14-15,26H,1,11-13H2,2-3H3. The van der Waals surface area contributed by atoms with Crippen LogP contribution in [-0.4, -0.2) is 14.7 Å². The third-order valence-electron chi connectivity index (χ3n) is 4.40. The zero-order chi connectivity index (χ0) is 19.4. The molecule has 138 valence electrons. The van der Waals surface area contributed by atoms with E-state index in [4.69, 9.17) is 0 Å². The van der Waals surface area contributed by atoms with Gasteiger partial charge < -0.3 is 5.11 Å². The molecule has 0 aliphatic carbocycles. The number of nitrogens with zero attached hydrogens (tertiary/aromatic N) is 2. The van der Waals surface area contributed by atoms with E-state index in [0.717, 1.165) is 17.6 Å². The van der Waals surface area contributed by atoms with Gasteiger partial charge in [-0.2, -0.15) is 0 Å². The molecule has 1 aromatic heterocycles. The van der Waals surface area contributed by atoms with Crippen molar-refractivity contribution in [3.63, 3.8) is 0 Å². The van der Waals surface area contributed by atoms with Crippen LogP contribution in [-0.2, 0) is 19.4 Å². The molecule has 27 heavy (non-hydrogen) atoms. The number of para-hydroxylation sites is 1. The fourth-order valence-electron chi connectivity index (χ4n) is 3.19. The van der Waals surface area contributed by atoms with E-state index in [1.54, 1.807) is 29.7 Å². The molecule has 4 heteroatoms. The third kappa shape index (κ3) is 4.53. The number of allylic oxidation sites excluding steroid dienone is 1. The number of phenols is 1. The molecular weight excluding hydrogens is 336 g/mol. The van der Waals surface area contributed by atoms with Crippen molar-refractivity contribution in [2.45, 2.75) is 33.2 Å². The van der Waals surface area contributed by atoms with Crippen LogP contribution in [0.15, 0.2) is 71.5 Å². The number of hydrogen-bond acceptors (Lipinski definition) is 3. The molecule has 0 bridgehead atoms. The molecule has 0 amide bonds. The van der Waals surface area contributed by atoms with Crippen molar-refractivity contribution < 1.29 is 5.11 Å². The molecule has 4 nitrogen and oxygen atoms in total. The van der Waals surface area contributed by atoms with Crippen LogP contribution in [0.3, 0.4) is 0 Å². The van der Waals surface area contributed by atoms with Gasteiger partial charge in [0.05, 0.1) is 5.56 Å². The van der Waals surface area contributed by atoms with Gasteiger partial charge in [0.2, 0.25) is 0 Å². The molecule has 0 spiro atoms. The highest BCUT2D eigenvalue weighted by atomic mass is 16.3. The van der Waals surface area contributed by atoms with E-state index >= 15 is 0 Å². The fourth-order valence-corrected chi connectivity index (χ4v) is 3.19. The summed E-state index contributed by atoms with van der Waals surface area (Å²) in [4.78, 5) is 17.1. The predicted octanol–water partition coefficient (Wildman–Crippen LogP) is 4.29. The molecule has 0 saturated heterocycles. The summed E-state index contributed by atoms with van der Waals surface area (Å²) in [5.74, 6) is 0.614. The second-order valence-electron chi connectivity index (χ2n) is 6.93. The van der Waals surface area contributed by atoms with Gasteiger partial charge in [0.1, 0.15) is 11.6 Å². The summed E-state index contributed by atoms with van der Waals surface area (Å²) in [6, 6.07) is 16.8. The van der Waals surface area contributed by atoms with Gasteiger partial charge in [0.25, 0.3) is 5.56 Å². The van der Waals surface area contributed by atoms with Crippen molar-refractivity contribution in [3.8, 4) is 17.1 Å². The van der Waals surface area contributed by atoms with E-state index in [1.165, 1.54) is 11.6 Å². The van der Waals surface area contributed by atoms with Crippen molar-refractivity contribution >= 4 is 0 Å². The number of phenolic OH excluding ortho intramolecular Hbond substituents is 1. The van der Waals surface area contributed by atoms with Gasteiger partial charge in [0.15, 0.2) is 0 Å². The highest BCUT2D eigenvalue weighted by Gasteiger charge is 2.13. The van der Waals surface area contributed by atoms with Crippen LogP contribution >= 0.6 is 0 Å². The smallest absolute Gasteiger partial charge is 0.253 e. The lowest BCUT2D eigenvalue weighted by molar-refractivity contribution is 0.476. The number of rotatable bonds is 6. The van der Waals surface area contributed by atoms with Gasteiger partial charge in [-0.3, -0.25) is 9.36 Å². The molecule has 0 atom stereocenters. The second-order valence-corrected chi connectivity index (χ2v) is 6.93. The first-order valence-corrected chi connectivity index (χ1v) is 9.03. The van der Waals surface area contributed by atoms with Crippen LogP contribution in [0.5, 0.6) is 5.75 Å². The first-order chi connectivity index (χ1) is 12.9. The van der Waals surface area contributed by atoms with Gasteiger partial charge in [-0.25, -0.2) is 4.98 Å². The molecule has 0 fully saturated rings. The normalized spacial score (nSPS) is 10.7. The summed E-state index contributed by atoms with van der Waals surface area (Å²) in [5, 5.41) is 10.2. The average molecular weight is 360 g/mol. The maximum atomic E-state index is 12.6. The van der Waals surface area contributed by atoms with E-state index in [9.17, 15) is 9.90 Å². The molecule has 0 saturated carbocycles. The summed E-state index contributed by atoms with van der Waals surface area (Å²) in [6.07, 6.45) is 1.55. The quantitative estimate of drug-likeness (QED) is 0.667. The Morgan fingerprint density at radius 3 is 2.59 bits per heavy atom. The number of aryl methyl sites for hydroxylation is 2. The van der Waals surface area contributed by atoms with Crippen molar-refractivity contribution in [1.82, 2.24) is 9.55 Å². The predicted molar refractivity (Wildman–Crippen MR) is 109 cm³/mol. The van der Waals surface area contributed by atoms with Crippen LogP contribution < -0.4 is 5.56 Å². The monoisotopic (exact) mass is 360 g/mol. The van der Waals surface area contributed by atoms with E-state index in [2.05, 4.69) is 29.8 Å². The van der Waals surface area contributed by atoms with Crippen LogP contribution in [0.25, 0.3) is 11.4 Å². The van der Waals surface area contributed by atoms with Gasteiger partial charge in [-0.05, 0) is 49.9 Å². The first-order valence-electron chi connectivity index (χ1n) is 9.03. The topological polar surface area (TPSA) is 55.1 Å². The van der Waals surface area contributed by atoms with Gasteiger partial charge in [0, 0.05) is 18.3 Å². The maximum Gasteiger partial charge on any atom is 0.253 e. The van der Waals surface area contributed by atoms with Crippen molar-refractivity contribution in [3.05, 3.63) is 93.9 Å². The minimum atomic E-state index is -0.112. The molecule has 0 radical (unpaired) electrons. The first kappa shape index (κ1) is 18.6. The molecule has 0 aliphatic heterocycles. The molecule has 0 aliphatic rings. The van der Waals surface area contributed by atoms with E-state index in [1.807, 2.05) is 19.1 Å². The molecular formula is C23H24N2O2. The van der Waals surface area contributed by atoms with E-state index in [-0.39, 0.29) is 11.3 Å². The average Bonchev–Trinajstić information content (AvgIpc) is 2.60. The Morgan fingerprint density at radius 2 is 1.85 bits per heavy atom. The largest absolute Gasteiger partial charge is 0.507 e. The Balaban J connectivity index is 1.93. The van der Waals surface area contributed by atoms with Crippen LogP contribution in [0.1, 0.15) is 23.7 Å². The minimum absolute atomic E-state index is 0.112. The summed E-state index contributed by atoms with van der Waals surface area (Å²) in [6.45, 7) is 8.27. The van der Waals surface area contributed by atoms with Crippen LogP contribution in [0.4, 0.5) is 0 Å². The minimum Gasteiger partial charge on any atom is -0.507 e. The van der Waals surface area contributed by atoms with Crippen molar-refractivity contribution in [1.29, 1.82) is 0 Å². The molecule has 1 N–H and O–H groups in total. The summed E-state index contributed by atoms with van der Waals surface area (Å²) in [5.41, 5.74) is 4.58. The Kier molecular flexibility index (Phi) is 5.55. The summed E-state index contributed by atoms with van der Waals surface area (Å²) in [7, 11) is 0. The Labute approximate surface area is 159 Å². The Bertz CT molecular complexity index is 1030. The number of aromatic hydroxyl groups is 1. The Hall–Kier alpha value is -3.14. The lowest BCUT2D eigenvalue weighted by Gasteiger charge is -2.14. The van der Waals surface area contributed by atoms with Gasteiger partial charge in [-0.15, -0.1) is 0 Å². The lowest BCUT2D eigenvalue weighted by atomic mass is 10.0. The molecule has 2 aromatic carbocycles. The summed E-state index contributed by atoms with van der Waals surface area (Å²) < 4.78 is 1.63. The van der Waals surface area contributed by atoms with Crippen molar-refractivity contribution in [2.24, 2.45) is 0 Å². The third-order valence-corrected chi connectivity index (χ3v) is 4.40. The molecule has 0 unspecified atom stereocenters. The van der Waals surface area contributed by atoms with Crippen LogP contribution in [0.2, 0.25) is 0 Å². The van der Waals surface area contributed by atoms with Gasteiger partial charge in [-0.1, -0.05) is 48.6 Å². The van der Waals surface area contributed by atoms with Gasteiger partial charge >= 0.3 is 0 Å². The number of hydrogen-bond donors (Lipinski definition) is 1. The molecule has 3 aromatic rings. The Morgan fingerprint density at radius 1 is 1.11 bits per heavy atom. The highest BCUT2D eigenvalue weighted by molar-refractivity contribution is 5.63. The zero-order valence-electron chi connectivity index (χ0n) is 15.8. The second kappa shape index (κ2) is 8.04. The van der Waals surface area contributed by atoms with E-state index < -0.39 is 0 Å². The van der Waals surface area contributed by atoms with Crippen LogP contribution in [0, 0.1) is 6.92 Å².